The normalized spacial score (nSPS) is 20.8. The first kappa shape index (κ1) is 20.1. The first-order valence-corrected chi connectivity index (χ1v) is 9.88. The van der Waals surface area contributed by atoms with Crippen molar-refractivity contribution in [3.8, 4) is 5.75 Å². The zero-order valence-electron chi connectivity index (χ0n) is 15.9. The first-order chi connectivity index (χ1) is 13.5. The van der Waals surface area contributed by atoms with Crippen molar-refractivity contribution in [2.24, 2.45) is 0 Å². The van der Waals surface area contributed by atoms with Crippen molar-refractivity contribution < 1.29 is 29.5 Å². The molecule has 1 aromatic rings. The number of carbonyl (C=O) groups is 3. The lowest BCUT2D eigenvalue weighted by atomic mass is 10.1. The first-order valence-electron chi connectivity index (χ1n) is 9.88. The van der Waals surface area contributed by atoms with Crippen molar-refractivity contribution in [2.45, 2.75) is 38.1 Å². The van der Waals surface area contributed by atoms with Crippen LogP contribution in [0.4, 0.5) is 5.69 Å². The Hall–Kier alpha value is -2.61. The smallest absolute Gasteiger partial charge is 0.288 e. The Morgan fingerprint density at radius 3 is 2.43 bits per heavy atom. The van der Waals surface area contributed by atoms with Crippen LogP contribution in [0.3, 0.4) is 0 Å². The van der Waals surface area contributed by atoms with Gasteiger partial charge in [-0.25, -0.2) is 0 Å². The highest BCUT2D eigenvalue weighted by Gasteiger charge is 2.45. The van der Waals surface area contributed by atoms with Crippen molar-refractivity contribution in [1.82, 2.24) is 4.90 Å². The number of hydrogen-bond donors (Lipinski definition) is 2. The summed E-state index contributed by atoms with van der Waals surface area (Å²) in [4.78, 5) is 40.1. The van der Waals surface area contributed by atoms with E-state index in [9.17, 15) is 24.6 Å². The number of phenols is 1. The molecule has 2 heterocycles. The standard InChI is InChI=1S/C20H27N3O5/c24-16-7-5-15(6-8-16)21-10-12-22(13-11-21)17-14-18(25)23(20(17)28)9-3-1-2-4-19(26)27/h5-8,17,24H,1-4,9-14H2,(H,26,27)/t17-/m0/s1. The van der Waals surface area contributed by atoms with Gasteiger partial charge in [-0.2, -0.15) is 0 Å². The van der Waals surface area contributed by atoms with Crippen LogP contribution in [0.25, 0.3) is 0 Å². The number of carbonyl (C=O) groups excluding carboxylic acids is 3. The number of nitrogens with zero attached hydrogens (tertiary/aromatic N) is 2. The average molecular weight is 389 g/mol. The molecule has 152 valence electrons. The quantitative estimate of drug-likeness (QED) is 0.416. The maximum Gasteiger partial charge on any atom is 0.288 e. The van der Waals surface area contributed by atoms with E-state index in [1.54, 1.807) is 12.1 Å². The third-order valence-corrected chi connectivity index (χ3v) is 5.62. The Kier molecular flexibility index (Phi) is 6.51. The second kappa shape index (κ2) is 9.05. The summed E-state index contributed by atoms with van der Waals surface area (Å²) in [6, 6.07) is 6.79. The number of rotatable bonds is 8. The average Bonchev–Trinajstić information content (AvgIpc) is 2.96. The summed E-state index contributed by atoms with van der Waals surface area (Å²) in [6.45, 7) is 3.52. The number of carboxylic acids is 1. The van der Waals surface area contributed by atoms with Gasteiger partial charge in [-0.05, 0) is 43.5 Å². The molecule has 0 radical (unpaired) electrons. The second-order valence-corrected chi connectivity index (χ2v) is 7.48. The third kappa shape index (κ3) is 4.81. The number of phenolic OH excluding ortho intramolecular Hbond substituents is 1. The zero-order chi connectivity index (χ0) is 20.1. The molecule has 2 aliphatic heterocycles. The molecule has 28 heavy (non-hydrogen) atoms. The van der Waals surface area contributed by atoms with Crippen LogP contribution in [0.15, 0.2) is 24.3 Å². The van der Waals surface area contributed by atoms with E-state index < -0.39 is 5.97 Å². The lowest BCUT2D eigenvalue weighted by Crippen LogP contribution is -3.19. The minimum absolute atomic E-state index is 0.0139. The number of aliphatic carboxylic acids is 1. The van der Waals surface area contributed by atoms with E-state index in [2.05, 4.69) is 4.90 Å². The van der Waals surface area contributed by atoms with Crippen LogP contribution in [-0.4, -0.2) is 66.6 Å². The van der Waals surface area contributed by atoms with E-state index in [4.69, 9.17) is 0 Å². The Morgan fingerprint density at radius 2 is 1.79 bits per heavy atom. The number of nitrogens with one attached hydrogen (secondary N) is 1. The molecule has 1 aromatic carbocycles. The molecule has 0 saturated carbocycles. The minimum atomic E-state index is -1.07. The van der Waals surface area contributed by atoms with Crippen molar-refractivity contribution in [3.05, 3.63) is 24.3 Å². The number of anilines is 1. The van der Waals surface area contributed by atoms with E-state index in [1.807, 2.05) is 12.1 Å². The highest BCUT2D eigenvalue weighted by atomic mass is 16.4. The van der Waals surface area contributed by atoms with Gasteiger partial charge in [-0.3, -0.25) is 14.5 Å². The lowest BCUT2D eigenvalue weighted by molar-refractivity contribution is -0.915. The topological polar surface area (TPSA) is 105 Å². The molecule has 0 bridgehead atoms. The molecule has 2 amide bonds. The van der Waals surface area contributed by atoms with Crippen molar-refractivity contribution in [1.29, 1.82) is 0 Å². The van der Waals surface area contributed by atoms with Gasteiger partial charge >= 0.3 is 0 Å². The molecule has 0 aliphatic carbocycles. The van der Waals surface area contributed by atoms with E-state index >= 15 is 0 Å². The van der Waals surface area contributed by atoms with Crippen LogP contribution in [0.5, 0.6) is 5.75 Å². The number of likely N-dealkylation sites (tertiary alicyclic amines) is 1. The van der Waals surface area contributed by atoms with Gasteiger partial charge in [0.05, 0.1) is 32.6 Å². The maximum atomic E-state index is 12.7. The molecule has 0 unspecified atom stereocenters. The fourth-order valence-electron chi connectivity index (χ4n) is 4.02. The Labute approximate surface area is 164 Å². The number of piperazine rings is 1. The predicted octanol–water partition coefficient (Wildman–Crippen LogP) is -1.47. The van der Waals surface area contributed by atoms with Gasteiger partial charge in [0.2, 0.25) is 5.91 Å². The zero-order valence-corrected chi connectivity index (χ0v) is 15.9. The van der Waals surface area contributed by atoms with Crippen LogP contribution in [-0.2, 0) is 14.4 Å². The molecule has 2 saturated heterocycles. The monoisotopic (exact) mass is 389 g/mol. The summed E-state index contributed by atoms with van der Waals surface area (Å²) >= 11 is 0. The van der Waals surface area contributed by atoms with Crippen molar-refractivity contribution in [2.75, 3.05) is 37.6 Å². The number of amides is 2. The van der Waals surface area contributed by atoms with Crippen molar-refractivity contribution >= 4 is 23.5 Å². The van der Waals surface area contributed by atoms with Crippen LogP contribution in [0.2, 0.25) is 0 Å². The summed E-state index contributed by atoms with van der Waals surface area (Å²) < 4.78 is 0. The Morgan fingerprint density at radius 1 is 1.11 bits per heavy atom. The molecular formula is C20H27N3O5. The van der Waals surface area contributed by atoms with E-state index in [-0.39, 0.29) is 36.4 Å². The molecule has 2 fully saturated rings. The van der Waals surface area contributed by atoms with Crippen molar-refractivity contribution in [3.63, 3.8) is 0 Å². The van der Waals surface area contributed by atoms with Gasteiger partial charge in [0.1, 0.15) is 5.75 Å². The summed E-state index contributed by atoms with van der Waals surface area (Å²) in [6.07, 6.45) is 2.06. The molecule has 1 atom stereocenters. The Balaban J connectivity index is 1.47. The SMILES string of the molecule is O=C([O-])CCCCCN1C(=O)C[C@H]([NH+]2CCN(c3ccc(O)cc3)CC2)C1=O. The van der Waals surface area contributed by atoms with Crippen LogP contribution in [0.1, 0.15) is 32.1 Å². The molecule has 8 heteroatoms. The number of unbranched alkanes of at least 4 members (excludes halogenated alkanes) is 2. The molecule has 3 rings (SSSR count). The fourth-order valence-corrected chi connectivity index (χ4v) is 4.02. The highest BCUT2D eigenvalue weighted by molar-refractivity contribution is 6.04. The summed E-state index contributed by atoms with van der Waals surface area (Å²) in [5, 5.41) is 19.8. The van der Waals surface area contributed by atoms with E-state index in [0.29, 0.717) is 25.8 Å². The molecule has 2 N–H and O–H groups in total. The van der Waals surface area contributed by atoms with Crippen LogP contribution < -0.4 is 14.9 Å². The molecule has 8 nitrogen and oxygen atoms in total. The number of imide groups is 1. The molecule has 2 aliphatic rings. The van der Waals surface area contributed by atoms with Crippen LogP contribution in [0, 0.1) is 0 Å². The number of aromatic hydroxyl groups is 1. The number of benzene rings is 1. The number of quaternary nitrogens is 1. The van der Waals surface area contributed by atoms with Gasteiger partial charge in [0, 0.05) is 18.2 Å². The third-order valence-electron chi connectivity index (χ3n) is 5.62. The largest absolute Gasteiger partial charge is 0.550 e. The fraction of sp³-hybridized carbons (Fsp3) is 0.550. The summed E-state index contributed by atoms with van der Waals surface area (Å²) in [5.74, 6) is -1.05. The Bertz CT molecular complexity index is 713. The number of hydrogen-bond acceptors (Lipinski definition) is 6. The second-order valence-electron chi connectivity index (χ2n) is 7.48. The van der Waals surface area contributed by atoms with E-state index in [1.165, 1.54) is 4.90 Å². The highest BCUT2D eigenvalue weighted by Crippen LogP contribution is 2.19. The van der Waals surface area contributed by atoms with Gasteiger partial charge in [-0.15, -0.1) is 0 Å². The van der Waals surface area contributed by atoms with Gasteiger partial charge < -0.3 is 24.8 Å². The van der Waals surface area contributed by atoms with Gasteiger partial charge in [-0.1, -0.05) is 6.42 Å². The maximum absolute atomic E-state index is 12.7. The van der Waals surface area contributed by atoms with Gasteiger partial charge in [0.25, 0.3) is 5.91 Å². The summed E-state index contributed by atoms with van der Waals surface area (Å²) in [7, 11) is 0. The van der Waals surface area contributed by atoms with Gasteiger partial charge in [0.15, 0.2) is 6.04 Å². The van der Waals surface area contributed by atoms with E-state index in [0.717, 1.165) is 36.8 Å². The molecule has 0 aromatic heterocycles. The molecule has 0 spiro atoms. The lowest BCUT2D eigenvalue weighted by Gasteiger charge is -2.35. The number of carboxylic acid groups (broad SMARTS) is 1. The van der Waals surface area contributed by atoms with Crippen LogP contribution >= 0.6 is 0 Å². The minimum Gasteiger partial charge on any atom is -0.550 e. The molecular weight excluding hydrogens is 362 g/mol. The predicted molar refractivity (Wildman–Crippen MR) is 99.6 cm³/mol. The summed E-state index contributed by atoms with van der Waals surface area (Å²) in [5.41, 5.74) is 1.05.